The van der Waals surface area contributed by atoms with Gasteiger partial charge in [-0.15, -0.1) is 0 Å². The molecule has 6 nitrogen and oxygen atoms in total. The maximum atomic E-state index is 12.3. The molecule has 6 heteroatoms. The Kier molecular flexibility index (Phi) is 4.47. The van der Waals surface area contributed by atoms with Crippen LogP contribution in [0.25, 0.3) is 0 Å². The van der Waals surface area contributed by atoms with Crippen LogP contribution in [-0.2, 0) is 9.53 Å². The van der Waals surface area contributed by atoms with Crippen LogP contribution in [0, 0.1) is 11.8 Å². The number of ether oxygens (including phenoxy) is 1. The zero-order valence-corrected chi connectivity index (χ0v) is 12.7. The van der Waals surface area contributed by atoms with E-state index in [9.17, 15) is 9.59 Å². The summed E-state index contributed by atoms with van der Waals surface area (Å²) in [5.41, 5.74) is 6.08. The van der Waals surface area contributed by atoms with Gasteiger partial charge in [0.15, 0.2) is 0 Å². The fraction of sp³-hybridized carbons (Fsp3) is 0.625. The van der Waals surface area contributed by atoms with Crippen molar-refractivity contribution in [3.63, 3.8) is 0 Å². The molecule has 0 aromatic carbocycles. The first-order valence-electron chi connectivity index (χ1n) is 7.98. The number of hydrogen-bond donors (Lipinski definition) is 2. The molecule has 0 unspecified atom stereocenters. The number of nitrogens with two attached hydrogens (primary N) is 1. The Morgan fingerprint density at radius 3 is 2.73 bits per heavy atom. The minimum Gasteiger partial charge on any atom is -0.377 e. The molecule has 3 heterocycles. The van der Waals surface area contributed by atoms with E-state index < -0.39 is 0 Å². The molecule has 2 fully saturated rings. The first kappa shape index (κ1) is 15.1. The number of nitrogens with zero attached hydrogens (tertiary/aromatic N) is 1. The van der Waals surface area contributed by atoms with Gasteiger partial charge in [-0.25, -0.2) is 0 Å². The summed E-state index contributed by atoms with van der Waals surface area (Å²) in [7, 11) is 0. The highest BCUT2D eigenvalue weighted by Crippen LogP contribution is 2.30. The van der Waals surface area contributed by atoms with Crippen molar-refractivity contribution in [1.82, 2.24) is 9.88 Å². The molecule has 0 bridgehead atoms. The summed E-state index contributed by atoms with van der Waals surface area (Å²) >= 11 is 0. The molecule has 2 saturated heterocycles. The standard InChI is InChI=1S/C16H23N3O3/c17-15(20)12-5-9-22-14(12)10-11-3-7-19(8-4-11)16(21)13-2-1-6-18-13/h1-2,6,11-12,14,18H,3-5,7-10H2,(H2,17,20)/t12-,14-/m1/s1. The van der Waals surface area contributed by atoms with Gasteiger partial charge in [0.25, 0.3) is 5.91 Å². The van der Waals surface area contributed by atoms with Gasteiger partial charge < -0.3 is 20.4 Å². The van der Waals surface area contributed by atoms with Gasteiger partial charge in [-0.1, -0.05) is 0 Å². The molecule has 0 radical (unpaired) electrons. The highest BCUT2D eigenvalue weighted by Gasteiger charge is 2.35. The number of rotatable bonds is 4. The number of hydrogen-bond acceptors (Lipinski definition) is 3. The van der Waals surface area contributed by atoms with E-state index in [2.05, 4.69) is 4.98 Å². The third kappa shape index (κ3) is 3.16. The van der Waals surface area contributed by atoms with Gasteiger partial charge in [-0.3, -0.25) is 9.59 Å². The van der Waals surface area contributed by atoms with Gasteiger partial charge in [0, 0.05) is 25.9 Å². The van der Waals surface area contributed by atoms with Gasteiger partial charge >= 0.3 is 0 Å². The Morgan fingerprint density at radius 2 is 2.09 bits per heavy atom. The summed E-state index contributed by atoms with van der Waals surface area (Å²) < 4.78 is 5.68. The molecule has 120 valence electrons. The molecule has 22 heavy (non-hydrogen) atoms. The number of H-pyrrole nitrogens is 1. The van der Waals surface area contributed by atoms with Crippen LogP contribution >= 0.6 is 0 Å². The lowest BCUT2D eigenvalue weighted by molar-refractivity contribution is -0.123. The van der Waals surface area contributed by atoms with Crippen LogP contribution in [0.3, 0.4) is 0 Å². The number of piperidine rings is 1. The normalized spacial score (nSPS) is 26.3. The van der Waals surface area contributed by atoms with Crippen LogP contribution in [0.15, 0.2) is 18.3 Å². The van der Waals surface area contributed by atoms with E-state index in [1.165, 1.54) is 0 Å². The summed E-state index contributed by atoms with van der Waals surface area (Å²) in [4.78, 5) is 28.5. The van der Waals surface area contributed by atoms with Crippen LogP contribution in [0.2, 0.25) is 0 Å². The van der Waals surface area contributed by atoms with Crippen molar-refractivity contribution in [1.29, 1.82) is 0 Å². The van der Waals surface area contributed by atoms with Crippen molar-refractivity contribution >= 4 is 11.8 Å². The molecule has 3 rings (SSSR count). The third-order valence-corrected chi connectivity index (χ3v) is 4.87. The van der Waals surface area contributed by atoms with Crippen LogP contribution < -0.4 is 5.73 Å². The quantitative estimate of drug-likeness (QED) is 0.874. The lowest BCUT2D eigenvalue weighted by atomic mass is 9.86. The first-order valence-corrected chi connectivity index (χ1v) is 7.98. The van der Waals surface area contributed by atoms with Crippen LogP contribution in [0.5, 0.6) is 0 Å². The highest BCUT2D eigenvalue weighted by molar-refractivity contribution is 5.92. The van der Waals surface area contributed by atoms with Crippen molar-refractivity contribution < 1.29 is 14.3 Å². The monoisotopic (exact) mass is 305 g/mol. The van der Waals surface area contributed by atoms with E-state index in [1.54, 1.807) is 12.3 Å². The van der Waals surface area contributed by atoms with E-state index >= 15 is 0 Å². The lowest BCUT2D eigenvalue weighted by Gasteiger charge is -2.33. The SMILES string of the molecule is NC(=O)[C@@H]1CCO[C@@H]1CC1CCN(C(=O)c2ccc[nH]2)CC1. The van der Waals surface area contributed by atoms with E-state index in [0.717, 1.165) is 38.8 Å². The number of nitrogens with one attached hydrogen (secondary N) is 1. The molecule has 0 aliphatic carbocycles. The molecule has 2 aliphatic heterocycles. The first-order chi connectivity index (χ1) is 10.6. The van der Waals surface area contributed by atoms with Crippen molar-refractivity contribution in [3.05, 3.63) is 24.0 Å². The second-order valence-electron chi connectivity index (χ2n) is 6.26. The lowest BCUT2D eigenvalue weighted by Crippen LogP contribution is -2.40. The predicted molar refractivity (Wildman–Crippen MR) is 81.1 cm³/mol. The molecule has 1 aromatic rings. The summed E-state index contributed by atoms with van der Waals surface area (Å²) in [6.45, 7) is 2.15. The van der Waals surface area contributed by atoms with Gasteiger partial charge in [0.2, 0.25) is 5.91 Å². The summed E-state index contributed by atoms with van der Waals surface area (Å²) in [6, 6.07) is 3.64. The molecule has 2 amide bonds. The summed E-state index contributed by atoms with van der Waals surface area (Å²) in [6.07, 6.45) is 5.26. The molecule has 1 aromatic heterocycles. The van der Waals surface area contributed by atoms with Crippen molar-refractivity contribution in [2.75, 3.05) is 19.7 Å². The summed E-state index contributed by atoms with van der Waals surface area (Å²) in [5.74, 6) is 0.175. The van der Waals surface area contributed by atoms with Crippen molar-refractivity contribution in [2.45, 2.75) is 31.8 Å². The number of carbonyl (C=O) groups excluding carboxylic acids is 2. The maximum absolute atomic E-state index is 12.3. The molecule has 2 atom stereocenters. The Labute approximate surface area is 130 Å². The number of aromatic nitrogens is 1. The molecular weight excluding hydrogens is 282 g/mol. The van der Waals surface area contributed by atoms with Crippen molar-refractivity contribution in [3.8, 4) is 0 Å². The Hall–Kier alpha value is -1.82. The zero-order valence-electron chi connectivity index (χ0n) is 12.7. The average Bonchev–Trinajstić information content (AvgIpc) is 3.18. The van der Waals surface area contributed by atoms with E-state index in [0.29, 0.717) is 18.2 Å². The number of amides is 2. The van der Waals surface area contributed by atoms with Crippen LogP contribution in [0.4, 0.5) is 0 Å². The fourth-order valence-corrected chi connectivity index (χ4v) is 3.54. The second kappa shape index (κ2) is 6.52. The largest absolute Gasteiger partial charge is 0.377 e. The number of primary amides is 1. The molecule has 0 saturated carbocycles. The Bertz CT molecular complexity index is 521. The van der Waals surface area contributed by atoms with E-state index in [1.807, 2.05) is 11.0 Å². The van der Waals surface area contributed by atoms with Gasteiger partial charge in [0.05, 0.1) is 12.0 Å². The Morgan fingerprint density at radius 1 is 1.32 bits per heavy atom. The van der Waals surface area contributed by atoms with Crippen LogP contribution in [0.1, 0.15) is 36.2 Å². The third-order valence-electron chi connectivity index (χ3n) is 4.87. The highest BCUT2D eigenvalue weighted by atomic mass is 16.5. The molecular formula is C16H23N3O3. The van der Waals surface area contributed by atoms with Gasteiger partial charge in [-0.2, -0.15) is 0 Å². The van der Waals surface area contributed by atoms with Gasteiger partial charge in [0.1, 0.15) is 5.69 Å². The predicted octanol–water partition coefficient (Wildman–Crippen LogP) is 1.15. The zero-order chi connectivity index (χ0) is 15.5. The maximum Gasteiger partial charge on any atom is 0.270 e. The van der Waals surface area contributed by atoms with E-state index in [-0.39, 0.29) is 23.8 Å². The minimum atomic E-state index is -0.248. The number of carbonyl (C=O) groups is 2. The number of likely N-dealkylation sites (tertiary alicyclic amines) is 1. The van der Waals surface area contributed by atoms with Crippen LogP contribution in [-0.4, -0.2) is 47.5 Å². The van der Waals surface area contributed by atoms with Crippen molar-refractivity contribution in [2.24, 2.45) is 17.6 Å². The smallest absolute Gasteiger partial charge is 0.270 e. The topological polar surface area (TPSA) is 88.4 Å². The fourth-order valence-electron chi connectivity index (χ4n) is 3.54. The van der Waals surface area contributed by atoms with E-state index in [4.69, 9.17) is 10.5 Å². The van der Waals surface area contributed by atoms with Gasteiger partial charge in [-0.05, 0) is 43.7 Å². The Balaban J connectivity index is 1.50. The molecule has 2 aliphatic rings. The summed E-state index contributed by atoms with van der Waals surface area (Å²) in [5, 5.41) is 0. The second-order valence-corrected chi connectivity index (χ2v) is 6.26. The molecule has 0 spiro atoms. The minimum absolute atomic E-state index is 0.0341. The average molecular weight is 305 g/mol. The molecule has 3 N–H and O–H groups in total. The number of aromatic amines is 1.